The van der Waals surface area contributed by atoms with Gasteiger partial charge >= 0.3 is 0 Å². The van der Waals surface area contributed by atoms with E-state index in [-0.39, 0.29) is 5.75 Å². The van der Waals surface area contributed by atoms with E-state index < -0.39 is 0 Å². The van der Waals surface area contributed by atoms with Crippen LogP contribution in [-0.4, -0.2) is 12.2 Å². The zero-order valence-corrected chi connectivity index (χ0v) is 10.7. The van der Waals surface area contributed by atoms with E-state index in [2.05, 4.69) is 0 Å². The van der Waals surface area contributed by atoms with E-state index in [1.807, 2.05) is 48.6 Å². The smallest absolute Gasteiger partial charge is 0.165 e. The second kappa shape index (κ2) is 5.61. The number of phenolic OH excluding ortho intramolecular Hbond substituents is 1. The quantitative estimate of drug-likeness (QED) is 0.837. The Morgan fingerprint density at radius 2 is 1.78 bits per heavy atom. The maximum atomic E-state index is 9.91. The molecule has 0 bridgehead atoms. The van der Waals surface area contributed by atoms with Gasteiger partial charge in [0.2, 0.25) is 0 Å². The second-order valence-corrected chi connectivity index (χ2v) is 4.22. The van der Waals surface area contributed by atoms with Crippen LogP contribution in [0, 0.1) is 0 Å². The molecule has 0 aliphatic rings. The van der Waals surface area contributed by atoms with Crippen LogP contribution < -0.4 is 4.74 Å². The molecule has 0 saturated carbocycles. The van der Waals surface area contributed by atoms with Gasteiger partial charge in [-0.1, -0.05) is 48.0 Å². The minimum absolute atomic E-state index is 0.144. The lowest BCUT2D eigenvalue weighted by molar-refractivity contribution is 0.373. The standard InChI is InChI=1S/C15H13ClO2/c1-18-14-4-2-3-12(15(14)17)8-5-11-6-9-13(16)10-7-11/h2-10,17H,1H3. The Labute approximate surface area is 111 Å². The van der Waals surface area contributed by atoms with Crippen LogP contribution in [0.1, 0.15) is 11.1 Å². The summed E-state index contributed by atoms with van der Waals surface area (Å²) < 4.78 is 5.05. The van der Waals surface area contributed by atoms with Crippen molar-refractivity contribution in [1.82, 2.24) is 0 Å². The van der Waals surface area contributed by atoms with Crippen molar-refractivity contribution in [2.24, 2.45) is 0 Å². The maximum absolute atomic E-state index is 9.91. The Bertz CT molecular complexity index is 559. The van der Waals surface area contributed by atoms with E-state index in [0.717, 1.165) is 5.56 Å². The van der Waals surface area contributed by atoms with Gasteiger partial charge in [0.25, 0.3) is 0 Å². The van der Waals surface area contributed by atoms with Crippen molar-refractivity contribution < 1.29 is 9.84 Å². The van der Waals surface area contributed by atoms with Crippen molar-refractivity contribution >= 4 is 23.8 Å². The molecule has 0 amide bonds. The molecule has 0 aliphatic heterocycles. The van der Waals surface area contributed by atoms with Crippen LogP contribution in [0.3, 0.4) is 0 Å². The first kappa shape index (κ1) is 12.5. The van der Waals surface area contributed by atoms with Gasteiger partial charge in [0.1, 0.15) is 0 Å². The average Bonchev–Trinajstić information content (AvgIpc) is 2.39. The van der Waals surface area contributed by atoms with Crippen LogP contribution in [0.4, 0.5) is 0 Å². The first-order valence-electron chi connectivity index (χ1n) is 5.50. The lowest BCUT2D eigenvalue weighted by atomic mass is 10.1. The average molecular weight is 261 g/mol. The van der Waals surface area contributed by atoms with E-state index >= 15 is 0 Å². The van der Waals surface area contributed by atoms with E-state index in [1.165, 1.54) is 7.11 Å². The number of methoxy groups -OCH3 is 1. The first-order valence-corrected chi connectivity index (χ1v) is 5.88. The predicted octanol–water partition coefficient (Wildman–Crippen LogP) is 4.22. The molecule has 0 fully saturated rings. The van der Waals surface area contributed by atoms with Gasteiger partial charge in [-0.3, -0.25) is 0 Å². The summed E-state index contributed by atoms with van der Waals surface area (Å²) in [4.78, 5) is 0. The Hall–Kier alpha value is -1.93. The molecular formula is C15H13ClO2. The minimum Gasteiger partial charge on any atom is -0.504 e. The Balaban J connectivity index is 2.26. The number of ether oxygens (including phenoxy) is 1. The van der Waals surface area contributed by atoms with Crippen LogP contribution >= 0.6 is 11.6 Å². The van der Waals surface area contributed by atoms with Crippen LogP contribution in [0.2, 0.25) is 5.02 Å². The van der Waals surface area contributed by atoms with Crippen LogP contribution in [0.15, 0.2) is 42.5 Å². The fraction of sp³-hybridized carbons (Fsp3) is 0.0667. The van der Waals surface area contributed by atoms with Gasteiger partial charge in [0.05, 0.1) is 7.11 Å². The molecule has 0 aromatic heterocycles. The molecule has 2 aromatic rings. The van der Waals surface area contributed by atoms with Gasteiger partial charge in [-0.2, -0.15) is 0 Å². The lowest BCUT2D eigenvalue weighted by Crippen LogP contribution is -1.84. The number of benzene rings is 2. The van der Waals surface area contributed by atoms with Crippen molar-refractivity contribution in [3.8, 4) is 11.5 Å². The lowest BCUT2D eigenvalue weighted by Gasteiger charge is -2.05. The maximum Gasteiger partial charge on any atom is 0.165 e. The number of aromatic hydroxyl groups is 1. The summed E-state index contributed by atoms with van der Waals surface area (Å²) in [5.74, 6) is 0.610. The molecule has 18 heavy (non-hydrogen) atoms. The molecule has 2 nitrogen and oxygen atoms in total. The van der Waals surface area contributed by atoms with Crippen LogP contribution in [0.5, 0.6) is 11.5 Å². The van der Waals surface area contributed by atoms with E-state index in [1.54, 1.807) is 6.07 Å². The minimum atomic E-state index is 0.144. The summed E-state index contributed by atoms with van der Waals surface area (Å²) >= 11 is 5.81. The largest absolute Gasteiger partial charge is 0.504 e. The van der Waals surface area contributed by atoms with Crippen molar-refractivity contribution in [2.45, 2.75) is 0 Å². The third kappa shape index (κ3) is 2.84. The second-order valence-electron chi connectivity index (χ2n) is 3.78. The number of hydrogen-bond acceptors (Lipinski definition) is 2. The van der Waals surface area contributed by atoms with Gasteiger partial charge in [-0.15, -0.1) is 0 Å². The summed E-state index contributed by atoms with van der Waals surface area (Å²) in [5, 5.41) is 10.6. The molecule has 0 radical (unpaired) electrons. The molecule has 0 saturated heterocycles. The molecule has 0 heterocycles. The number of para-hydroxylation sites is 1. The molecule has 3 heteroatoms. The third-order valence-electron chi connectivity index (χ3n) is 2.58. The van der Waals surface area contributed by atoms with E-state index in [9.17, 15) is 5.11 Å². The Morgan fingerprint density at radius 1 is 1.06 bits per heavy atom. The number of halogens is 1. The molecule has 2 aromatic carbocycles. The fourth-order valence-electron chi connectivity index (χ4n) is 1.60. The van der Waals surface area contributed by atoms with Crippen LogP contribution in [0.25, 0.3) is 12.2 Å². The Kier molecular flexibility index (Phi) is 3.90. The molecule has 0 atom stereocenters. The zero-order chi connectivity index (χ0) is 13.0. The highest BCUT2D eigenvalue weighted by Gasteiger charge is 2.03. The third-order valence-corrected chi connectivity index (χ3v) is 2.83. The van der Waals surface area contributed by atoms with Crippen molar-refractivity contribution in [3.05, 3.63) is 58.6 Å². The molecule has 1 N–H and O–H groups in total. The highest BCUT2D eigenvalue weighted by Crippen LogP contribution is 2.30. The molecule has 0 unspecified atom stereocenters. The zero-order valence-electron chi connectivity index (χ0n) is 9.93. The van der Waals surface area contributed by atoms with Crippen molar-refractivity contribution in [2.75, 3.05) is 7.11 Å². The summed E-state index contributed by atoms with van der Waals surface area (Å²) in [6.07, 6.45) is 3.74. The SMILES string of the molecule is COc1cccc(C=Cc2ccc(Cl)cc2)c1O. The molecule has 0 aliphatic carbocycles. The fourth-order valence-corrected chi connectivity index (χ4v) is 1.72. The van der Waals surface area contributed by atoms with E-state index in [0.29, 0.717) is 16.3 Å². The molecular weight excluding hydrogens is 248 g/mol. The number of phenols is 1. The van der Waals surface area contributed by atoms with Crippen molar-refractivity contribution in [3.63, 3.8) is 0 Å². The molecule has 0 spiro atoms. The topological polar surface area (TPSA) is 29.5 Å². The van der Waals surface area contributed by atoms with Gasteiger partial charge in [-0.05, 0) is 23.8 Å². The summed E-state index contributed by atoms with van der Waals surface area (Å²) in [6, 6.07) is 12.9. The first-order chi connectivity index (χ1) is 8.70. The predicted molar refractivity (Wildman–Crippen MR) is 75.0 cm³/mol. The molecule has 92 valence electrons. The summed E-state index contributed by atoms with van der Waals surface area (Å²) in [7, 11) is 1.53. The summed E-state index contributed by atoms with van der Waals surface area (Å²) in [5.41, 5.74) is 1.73. The highest BCUT2D eigenvalue weighted by atomic mass is 35.5. The Morgan fingerprint density at radius 3 is 2.44 bits per heavy atom. The van der Waals surface area contributed by atoms with Gasteiger partial charge in [0, 0.05) is 10.6 Å². The monoisotopic (exact) mass is 260 g/mol. The molecule has 2 rings (SSSR count). The van der Waals surface area contributed by atoms with Gasteiger partial charge in [-0.25, -0.2) is 0 Å². The summed E-state index contributed by atoms with van der Waals surface area (Å²) in [6.45, 7) is 0. The van der Waals surface area contributed by atoms with E-state index in [4.69, 9.17) is 16.3 Å². The van der Waals surface area contributed by atoms with Gasteiger partial charge < -0.3 is 9.84 Å². The van der Waals surface area contributed by atoms with Gasteiger partial charge in [0.15, 0.2) is 11.5 Å². The number of hydrogen-bond donors (Lipinski definition) is 1. The normalized spacial score (nSPS) is 10.8. The van der Waals surface area contributed by atoms with Crippen molar-refractivity contribution in [1.29, 1.82) is 0 Å². The number of rotatable bonds is 3. The van der Waals surface area contributed by atoms with Crippen LogP contribution in [-0.2, 0) is 0 Å². The highest BCUT2D eigenvalue weighted by molar-refractivity contribution is 6.30.